The number of nitrogens with zero attached hydrogens (tertiary/aromatic N) is 3. The zero-order chi connectivity index (χ0) is 15.5. The summed E-state index contributed by atoms with van der Waals surface area (Å²) in [5.74, 6) is 0.555. The standard InChI is InChI=1S/C15H10Cl2N3O2/c16-11-5-6-12(17)13(7-11)22-15(20-9-18-8-19-20)14(21)10-3-1-2-4-10/h1-9,15H. The van der Waals surface area contributed by atoms with Gasteiger partial charge in [0.05, 0.1) is 10.9 Å². The fourth-order valence-electron chi connectivity index (χ4n) is 1.93. The van der Waals surface area contributed by atoms with E-state index in [1.807, 2.05) is 0 Å². The molecule has 1 fully saturated rings. The second kappa shape index (κ2) is 6.67. The molecule has 1 aromatic carbocycles. The molecule has 0 aliphatic heterocycles. The van der Waals surface area contributed by atoms with Crippen LogP contribution in [0.5, 0.6) is 5.75 Å². The molecule has 0 spiro atoms. The Kier molecular flexibility index (Phi) is 4.64. The molecule has 1 aliphatic rings. The van der Waals surface area contributed by atoms with Crippen molar-refractivity contribution >= 4 is 29.0 Å². The summed E-state index contributed by atoms with van der Waals surface area (Å²) in [6.07, 6.45) is 8.68. The van der Waals surface area contributed by atoms with Crippen molar-refractivity contribution in [3.8, 4) is 5.75 Å². The summed E-state index contributed by atoms with van der Waals surface area (Å²) in [4.78, 5) is 16.5. The van der Waals surface area contributed by atoms with Gasteiger partial charge in [-0.1, -0.05) is 23.2 Å². The van der Waals surface area contributed by atoms with Gasteiger partial charge in [-0.25, -0.2) is 9.67 Å². The smallest absolute Gasteiger partial charge is 0.252 e. The van der Waals surface area contributed by atoms with Crippen LogP contribution in [0.3, 0.4) is 0 Å². The molecule has 1 aliphatic carbocycles. The third-order valence-corrected chi connectivity index (χ3v) is 3.53. The predicted octanol–water partition coefficient (Wildman–Crippen LogP) is 3.14. The van der Waals surface area contributed by atoms with Crippen molar-refractivity contribution in [2.24, 2.45) is 0 Å². The summed E-state index contributed by atoms with van der Waals surface area (Å²) in [5.41, 5.74) is 0. The summed E-state index contributed by atoms with van der Waals surface area (Å²) in [6, 6.07) is 4.79. The molecule has 3 rings (SSSR count). The molecule has 2 aromatic rings. The molecule has 0 saturated heterocycles. The number of benzene rings is 1. The molecule has 7 heteroatoms. The number of carbonyl (C=O) groups excluding carboxylic acids is 1. The number of hydrogen-bond donors (Lipinski definition) is 0. The van der Waals surface area contributed by atoms with Crippen LogP contribution >= 0.6 is 23.2 Å². The molecule has 1 atom stereocenters. The molecule has 0 amide bonds. The van der Waals surface area contributed by atoms with E-state index in [2.05, 4.69) is 10.1 Å². The predicted molar refractivity (Wildman–Crippen MR) is 81.6 cm³/mol. The molecule has 1 unspecified atom stereocenters. The van der Waals surface area contributed by atoms with E-state index in [0.29, 0.717) is 21.7 Å². The van der Waals surface area contributed by atoms with Crippen molar-refractivity contribution in [1.82, 2.24) is 14.8 Å². The average molecular weight is 335 g/mol. The lowest BCUT2D eigenvalue weighted by molar-refractivity contribution is -0.127. The Labute approximate surface area is 138 Å². The van der Waals surface area contributed by atoms with E-state index < -0.39 is 6.23 Å². The summed E-state index contributed by atoms with van der Waals surface area (Å²) in [6.45, 7) is 0. The Morgan fingerprint density at radius 1 is 1.23 bits per heavy atom. The van der Waals surface area contributed by atoms with Gasteiger partial charge in [-0.3, -0.25) is 4.79 Å². The van der Waals surface area contributed by atoms with Gasteiger partial charge in [-0.2, -0.15) is 5.10 Å². The molecule has 1 heterocycles. The Morgan fingerprint density at radius 2 is 2.00 bits per heavy atom. The second-order valence-corrected chi connectivity index (χ2v) is 5.30. The number of Topliss-reactive ketones (excluding diaryl/α,β-unsaturated/α-hetero) is 1. The van der Waals surface area contributed by atoms with Crippen molar-refractivity contribution in [1.29, 1.82) is 0 Å². The molecule has 5 radical (unpaired) electrons. The molecule has 1 saturated carbocycles. The van der Waals surface area contributed by atoms with Gasteiger partial charge in [-0.05, 0) is 37.8 Å². The first-order valence-corrected chi connectivity index (χ1v) is 7.12. The minimum absolute atomic E-state index is 0.258. The van der Waals surface area contributed by atoms with Crippen LogP contribution in [0, 0.1) is 31.6 Å². The number of carbonyl (C=O) groups is 1. The SMILES string of the molecule is O=C([C]1[CH][CH][CH][CH]1)C(Oc1cc(Cl)ccc1Cl)n1cncn1. The van der Waals surface area contributed by atoms with Crippen LogP contribution in [0.15, 0.2) is 30.9 Å². The Balaban J connectivity index is 1.88. The first-order chi connectivity index (χ1) is 10.6. The summed E-state index contributed by atoms with van der Waals surface area (Å²) >= 11 is 12.0. The first-order valence-electron chi connectivity index (χ1n) is 6.37. The van der Waals surface area contributed by atoms with Crippen LogP contribution in [0.1, 0.15) is 6.23 Å². The van der Waals surface area contributed by atoms with E-state index in [1.165, 1.54) is 17.3 Å². The number of rotatable bonds is 5. The van der Waals surface area contributed by atoms with Gasteiger partial charge in [-0.15, -0.1) is 0 Å². The van der Waals surface area contributed by atoms with Crippen LogP contribution in [0.2, 0.25) is 10.0 Å². The van der Waals surface area contributed by atoms with Crippen LogP contribution in [-0.4, -0.2) is 20.5 Å². The summed E-state index contributed by atoms with van der Waals surface area (Å²) < 4.78 is 7.08. The monoisotopic (exact) mass is 334 g/mol. The fraction of sp³-hybridized carbons (Fsp3) is 0.0667. The number of halogens is 2. The van der Waals surface area contributed by atoms with Gasteiger partial charge in [0.15, 0.2) is 0 Å². The van der Waals surface area contributed by atoms with E-state index in [1.54, 1.807) is 43.9 Å². The summed E-state index contributed by atoms with van der Waals surface area (Å²) in [5, 5.41) is 4.79. The van der Waals surface area contributed by atoms with Gasteiger partial charge in [0.25, 0.3) is 6.23 Å². The second-order valence-electron chi connectivity index (χ2n) is 4.46. The fourth-order valence-corrected chi connectivity index (χ4v) is 2.26. The molecule has 5 nitrogen and oxygen atoms in total. The van der Waals surface area contributed by atoms with Gasteiger partial charge in [0.2, 0.25) is 5.78 Å². The maximum Gasteiger partial charge on any atom is 0.252 e. The van der Waals surface area contributed by atoms with Crippen molar-refractivity contribution in [2.45, 2.75) is 6.23 Å². The van der Waals surface area contributed by atoms with Crippen molar-refractivity contribution in [3.05, 3.63) is 72.5 Å². The number of aromatic nitrogens is 3. The zero-order valence-corrected chi connectivity index (χ0v) is 12.7. The minimum atomic E-state index is -1.01. The van der Waals surface area contributed by atoms with Crippen LogP contribution in [-0.2, 0) is 4.79 Å². The molecule has 22 heavy (non-hydrogen) atoms. The zero-order valence-electron chi connectivity index (χ0n) is 11.2. The highest BCUT2D eigenvalue weighted by molar-refractivity contribution is 6.34. The Morgan fingerprint density at radius 3 is 2.68 bits per heavy atom. The van der Waals surface area contributed by atoms with E-state index in [0.717, 1.165) is 0 Å². The van der Waals surface area contributed by atoms with E-state index in [9.17, 15) is 4.79 Å². The van der Waals surface area contributed by atoms with Crippen molar-refractivity contribution < 1.29 is 9.53 Å². The van der Waals surface area contributed by atoms with Crippen molar-refractivity contribution in [2.75, 3.05) is 0 Å². The molecule has 0 N–H and O–H groups in total. The normalized spacial score (nSPS) is 16.6. The van der Waals surface area contributed by atoms with Crippen LogP contribution in [0.25, 0.3) is 0 Å². The molecule has 1 aromatic heterocycles. The largest absolute Gasteiger partial charge is 0.460 e. The Bertz CT molecular complexity index is 655. The third kappa shape index (κ3) is 3.25. The number of hydrogen-bond acceptors (Lipinski definition) is 4. The summed E-state index contributed by atoms with van der Waals surface area (Å²) in [7, 11) is 0. The van der Waals surface area contributed by atoms with Gasteiger partial charge in [0.1, 0.15) is 18.4 Å². The van der Waals surface area contributed by atoms with Crippen molar-refractivity contribution in [3.63, 3.8) is 0 Å². The molecule has 0 bridgehead atoms. The third-order valence-electron chi connectivity index (χ3n) is 2.98. The quantitative estimate of drug-likeness (QED) is 0.842. The first kappa shape index (κ1) is 15.3. The molecular weight excluding hydrogens is 325 g/mol. The topological polar surface area (TPSA) is 57.0 Å². The highest BCUT2D eigenvalue weighted by Crippen LogP contribution is 2.33. The van der Waals surface area contributed by atoms with Crippen LogP contribution in [0.4, 0.5) is 0 Å². The van der Waals surface area contributed by atoms with Gasteiger partial charge in [0, 0.05) is 11.1 Å². The lowest BCUT2D eigenvalue weighted by Gasteiger charge is -2.21. The minimum Gasteiger partial charge on any atom is -0.460 e. The highest BCUT2D eigenvalue weighted by atomic mass is 35.5. The van der Waals surface area contributed by atoms with E-state index >= 15 is 0 Å². The van der Waals surface area contributed by atoms with Crippen LogP contribution < -0.4 is 4.74 Å². The number of ketones is 1. The average Bonchev–Trinajstić information content (AvgIpc) is 3.20. The van der Waals surface area contributed by atoms with E-state index in [-0.39, 0.29) is 5.78 Å². The Hall–Kier alpha value is -1.59. The highest BCUT2D eigenvalue weighted by Gasteiger charge is 2.34. The lowest BCUT2D eigenvalue weighted by Crippen LogP contribution is -2.29. The maximum absolute atomic E-state index is 12.6. The maximum atomic E-state index is 12.6. The number of ether oxygens (including phenoxy) is 1. The molecule has 111 valence electrons. The lowest BCUT2D eigenvalue weighted by atomic mass is 10.0. The van der Waals surface area contributed by atoms with Gasteiger partial charge < -0.3 is 4.74 Å². The molecular formula is C15H10Cl2N3O2. The van der Waals surface area contributed by atoms with Gasteiger partial charge >= 0.3 is 0 Å². The van der Waals surface area contributed by atoms with E-state index in [4.69, 9.17) is 27.9 Å².